The summed E-state index contributed by atoms with van der Waals surface area (Å²) in [5.41, 5.74) is 1.11. The van der Waals surface area contributed by atoms with Gasteiger partial charge in [0.1, 0.15) is 0 Å². The minimum Gasteiger partial charge on any atom is -0.325 e. The Hall–Kier alpha value is -2.51. The van der Waals surface area contributed by atoms with Gasteiger partial charge in [0, 0.05) is 17.2 Å². The number of Topliss-reactive ketones (excluding diaryl/α,β-unsaturated/α-hetero) is 1. The lowest BCUT2D eigenvalue weighted by Gasteiger charge is -2.08. The van der Waals surface area contributed by atoms with Crippen molar-refractivity contribution in [1.29, 1.82) is 0 Å². The van der Waals surface area contributed by atoms with E-state index in [0.717, 1.165) is 12.8 Å². The lowest BCUT2D eigenvalue weighted by molar-refractivity contribution is -0.115. The van der Waals surface area contributed by atoms with Crippen LogP contribution in [0, 0.1) is 5.92 Å². The Kier molecular flexibility index (Phi) is 4.96. The fraction of sp³-hybridized carbons (Fsp3) is 0.222. The van der Waals surface area contributed by atoms with E-state index in [-0.39, 0.29) is 23.1 Å². The molecule has 0 atom stereocenters. The van der Waals surface area contributed by atoms with Crippen LogP contribution >= 0.6 is 0 Å². The molecule has 0 aliphatic heterocycles. The van der Waals surface area contributed by atoms with Gasteiger partial charge >= 0.3 is 0 Å². The van der Waals surface area contributed by atoms with Crippen molar-refractivity contribution in [3.8, 4) is 0 Å². The zero-order valence-electron chi connectivity index (χ0n) is 13.4. The first-order valence-corrected chi connectivity index (χ1v) is 9.43. The normalized spacial score (nSPS) is 14.1. The first kappa shape index (κ1) is 17.3. The standard InChI is InChI=1S/C18H18N2O4S/c21-17(20-15-4-2-1-3-5-15)12-19-25(23,24)16-10-8-14(9-11-16)18(22)13-6-7-13/h1-5,8-11,13,19H,6-7,12H2,(H,20,21). The maximum absolute atomic E-state index is 12.2. The van der Waals surface area contributed by atoms with Crippen LogP contribution in [0.4, 0.5) is 5.69 Å². The van der Waals surface area contributed by atoms with Gasteiger partial charge in [-0.1, -0.05) is 30.3 Å². The summed E-state index contributed by atoms with van der Waals surface area (Å²) in [5, 5.41) is 2.60. The van der Waals surface area contributed by atoms with Crippen LogP contribution in [-0.4, -0.2) is 26.7 Å². The van der Waals surface area contributed by atoms with Gasteiger partial charge in [-0.3, -0.25) is 9.59 Å². The van der Waals surface area contributed by atoms with E-state index in [1.165, 1.54) is 24.3 Å². The maximum Gasteiger partial charge on any atom is 0.241 e. The number of anilines is 1. The van der Waals surface area contributed by atoms with Crippen molar-refractivity contribution in [2.75, 3.05) is 11.9 Å². The van der Waals surface area contributed by atoms with Crippen LogP contribution in [0.1, 0.15) is 23.2 Å². The predicted molar refractivity (Wildman–Crippen MR) is 93.8 cm³/mol. The van der Waals surface area contributed by atoms with Crippen LogP contribution < -0.4 is 10.0 Å². The Morgan fingerprint density at radius 2 is 1.60 bits per heavy atom. The molecule has 1 aliphatic rings. The lowest BCUT2D eigenvalue weighted by Crippen LogP contribution is -2.32. The van der Waals surface area contributed by atoms with Gasteiger partial charge in [-0.05, 0) is 37.1 Å². The van der Waals surface area contributed by atoms with Crippen molar-refractivity contribution in [2.45, 2.75) is 17.7 Å². The average molecular weight is 358 g/mol. The van der Waals surface area contributed by atoms with E-state index in [0.29, 0.717) is 11.3 Å². The van der Waals surface area contributed by atoms with Crippen molar-refractivity contribution >= 4 is 27.4 Å². The number of hydrogen-bond acceptors (Lipinski definition) is 4. The summed E-state index contributed by atoms with van der Waals surface area (Å²) >= 11 is 0. The highest BCUT2D eigenvalue weighted by atomic mass is 32.2. The molecule has 2 aromatic rings. The van der Waals surface area contributed by atoms with Crippen LogP contribution in [0.2, 0.25) is 0 Å². The van der Waals surface area contributed by atoms with E-state index in [1.54, 1.807) is 24.3 Å². The predicted octanol–water partition coefficient (Wildman–Crippen LogP) is 2.20. The van der Waals surface area contributed by atoms with Gasteiger partial charge < -0.3 is 5.32 Å². The summed E-state index contributed by atoms with van der Waals surface area (Å²) in [7, 11) is -3.82. The second-order valence-electron chi connectivity index (χ2n) is 5.90. The Morgan fingerprint density at radius 3 is 2.20 bits per heavy atom. The van der Waals surface area contributed by atoms with Gasteiger partial charge in [0.15, 0.2) is 5.78 Å². The van der Waals surface area contributed by atoms with Crippen LogP contribution in [0.5, 0.6) is 0 Å². The zero-order chi connectivity index (χ0) is 17.9. The number of sulfonamides is 1. The third kappa shape index (κ3) is 4.52. The topological polar surface area (TPSA) is 92.3 Å². The second-order valence-corrected chi connectivity index (χ2v) is 7.67. The summed E-state index contributed by atoms with van der Waals surface area (Å²) in [4.78, 5) is 23.8. The quantitative estimate of drug-likeness (QED) is 0.742. The van der Waals surface area contributed by atoms with Gasteiger partial charge in [-0.15, -0.1) is 0 Å². The molecule has 0 bridgehead atoms. The number of nitrogens with one attached hydrogen (secondary N) is 2. The molecule has 2 aromatic carbocycles. The summed E-state index contributed by atoms with van der Waals surface area (Å²) in [6, 6.07) is 14.6. The third-order valence-corrected chi connectivity index (χ3v) is 5.29. The van der Waals surface area contributed by atoms with Crippen molar-refractivity contribution in [1.82, 2.24) is 4.72 Å². The molecule has 0 heterocycles. The number of carbonyl (C=O) groups excluding carboxylic acids is 2. The third-order valence-electron chi connectivity index (χ3n) is 3.88. The van der Waals surface area contributed by atoms with Gasteiger partial charge in [0.25, 0.3) is 0 Å². The number of rotatable bonds is 7. The summed E-state index contributed by atoms with van der Waals surface area (Å²) in [5.74, 6) is -0.322. The van der Waals surface area contributed by atoms with E-state index in [9.17, 15) is 18.0 Å². The van der Waals surface area contributed by atoms with E-state index in [4.69, 9.17) is 0 Å². The monoisotopic (exact) mass is 358 g/mol. The van der Waals surface area contributed by atoms with E-state index in [2.05, 4.69) is 10.0 Å². The molecule has 0 spiro atoms. The maximum atomic E-state index is 12.2. The molecule has 1 amide bonds. The van der Waals surface area contributed by atoms with Crippen LogP contribution in [0.25, 0.3) is 0 Å². The Balaban J connectivity index is 1.59. The summed E-state index contributed by atoms with van der Waals surface area (Å²) in [6.07, 6.45) is 1.80. The molecule has 3 rings (SSSR count). The first-order chi connectivity index (χ1) is 12.0. The molecule has 6 nitrogen and oxygen atoms in total. The highest BCUT2D eigenvalue weighted by Crippen LogP contribution is 2.32. The number of amides is 1. The first-order valence-electron chi connectivity index (χ1n) is 7.94. The molecule has 0 saturated heterocycles. The molecule has 25 heavy (non-hydrogen) atoms. The largest absolute Gasteiger partial charge is 0.325 e. The minimum absolute atomic E-state index is 0.0207. The number of carbonyl (C=O) groups is 2. The summed E-state index contributed by atoms with van der Waals surface area (Å²) < 4.78 is 26.7. The molecule has 1 aliphatic carbocycles. The van der Waals surface area contributed by atoms with Gasteiger partial charge in [0.2, 0.25) is 15.9 Å². The van der Waals surface area contributed by atoms with E-state index >= 15 is 0 Å². The second kappa shape index (κ2) is 7.16. The number of benzene rings is 2. The average Bonchev–Trinajstić information content (AvgIpc) is 3.46. The molecular weight excluding hydrogens is 340 g/mol. The highest BCUT2D eigenvalue weighted by Gasteiger charge is 2.30. The summed E-state index contributed by atoms with van der Waals surface area (Å²) in [6.45, 7) is -0.375. The highest BCUT2D eigenvalue weighted by molar-refractivity contribution is 7.89. The minimum atomic E-state index is -3.82. The molecule has 0 radical (unpaired) electrons. The molecule has 2 N–H and O–H groups in total. The van der Waals surface area contributed by atoms with Crippen molar-refractivity contribution < 1.29 is 18.0 Å². The van der Waals surface area contributed by atoms with Crippen molar-refractivity contribution in [3.63, 3.8) is 0 Å². The van der Waals surface area contributed by atoms with E-state index in [1.807, 2.05) is 6.07 Å². The van der Waals surface area contributed by atoms with Crippen molar-refractivity contribution in [2.24, 2.45) is 5.92 Å². The number of ketones is 1. The molecule has 0 unspecified atom stereocenters. The Bertz CT molecular complexity index is 873. The van der Waals surface area contributed by atoms with E-state index < -0.39 is 15.9 Å². The lowest BCUT2D eigenvalue weighted by atomic mass is 10.1. The van der Waals surface area contributed by atoms with Crippen LogP contribution in [0.3, 0.4) is 0 Å². The van der Waals surface area contributed by atoms with Crippen LogP contribution in [0.15, 0.2) is 59.5 Å². The van der Waals surface area contributed by atoms with Crippen molar-refractivity contribution in [3.05, 3.63) is 60.2 Å². The molecular formula is C18H18N2O4S. The number of hydrogen-bond donors (Lipinski definition) is 2. The molecule has 1 fully saturated rings. The Morgan fingerprint density at radius 1 is 0.960 bits per heavy atom. The van der Waals surface area contributed by atoms with Crippen LogP contribution in [-0.2, 0) is 14.8 Å². The fourth-order valence-corrected chi connectivity index (χ4v) is 3.33. The smallest absolute Gasteiger partial charge is 0.241 e. The zero-order valence-corrected chi connectivity index (χ0v) is 14.3. The number of para-hydroxylation sites is 1. The molecule has 1 saturated carbocycles. The molecule has 7 heteroatoms. The SMILES string of the molecule is O=C(CNS(=O)(=O)c1ccc(C(=O)C2CC2)cc1)Nc1ccccc1. The van der Waals surface area contributed by atoms with Gasteiger partial charge in [-0.2, -0.15) is 0 Å². The Labute approximate surface area is 146 Å². The van der Waals surface area contributed by atoms with Gasteiger partial charge in [-0.25, -0.2) is 13.1 Å². The molecule has 0 aromatic heterocycles. The van der Waals surface area contributed by atoms with Gasteiger partial charge in [0.05, 0.1) is 11.4 Å². The fourth-order valence-electron chi connectivity index (χ4n) is 2.35. The molecule has 130 valence electrons.